The van der Waals surface area contributed by atoms with Gasteiger partial charge in [-0.3, -0.25) is 14.8 Å². The minimum Gasteiger partial charge on any atom is -0.497 e. The standard InChI is InChI=1S/C24H25N3O3/c1-29-20-6-4-18(5-7-20)17-23(28)27-15-10-21(11-16-27)30-22-3-2-12-26-24(22)19-8-13-25-14-9-19/h2-9,12-14,21H,10-11,15-17H2,1H3. The minimum atomic E-state index is 0.0693. The van der Waals surface area contributed by atoms with Gasteiger partial charge in [-0.2, -0.15) is 0 Å². The highest BCUT2D eigenvalue weighted by Crippen LogP contribution is 2.29. The molecule has 6 nitrogen and oxygen atoms in total. The summed E-state index contributed by atoms with van der Waals surface area (Å²) < 4.78 is 11.4. The van der Waals surface area contributed by atoms with Crippen molar-refractivity contribution < 1.29 is 14.3 Å². The van der Waals surface area contributed by atoms with Gasteiger partial charge in [-0.05, 0) is 42.0 Å². The van der Waals surface area contributed by atoms with Crippen LogP contribution in [0.4, 0.5) is 0 Å². The van der Waals surface area contributed by atoms with Crippen molar-refractivity contribution in [1.29, 1.82) is 0 Å². The summed E-state index contributed by atoms with van der Waals surface area (Å²) in [4.78, 5) is 23.1. The number of methoxy groups -OCH3 is 1. The van der Waals surface area contributed by atoms with Gasteiger partial charge in [-0.1, -0.05) is 12.1 Å². The zero-order valence-corrected chi connectivity index (χ0v) is 17.0. The molecule has 1 fully saturated rings. The molecule has 2 aromatic heterocycles. The van der Waals surface area contributed by atoms with Crippen molar-refractivity contribution in [2.24, 2.45) is 0 Å². The van der Waals surface area contributed by atoms with E-state index in [-0.39, 0.29) is 12.0 Å². The summed E-state index contributed by atoms with van der Waals surface area (Å²) in [6, 6.07) is 15.3. The van der Waals surface area contributed by atoms with Crippen molar-refractivity contribution in [3.05, 3.63) is 72.7 Å². The van der Waals surface area contributed by atoms with Crippen LogP contribution >= 0.6 is 0 Å². The predicted molar refractivity (Wildman–Crippen MR) is 114 cm³/mol. The number of carbonyl (C=O) groups is 1. The average molecular weight is 403 g/mol. The number of aromatic nitrogens is 2. The summed E-state index contributed by atoms with van der Waals surface area (Å²) in [6.07, 6.45) is 7.35. The first-order chi connectivity index (χ1) is 14.7. The molecule has 3 aromatic rings. The Balaban J connectivity index is 1.33. The molecule has 1 amide bonds. The van der Waals surface area contributed by atoms with Gasteiger partial charge in [0.1, 0.15) is 23.3 Å². The van der Waals surface area contributed by atoms with Crippen LogP contribution in [0.25, 0.3) is 11.3 Å². The van der Waals surface area contributed by atoms with E-state index in [9.17, 15) is 4.79 Å². The first-order valence-corrected chi connectivity index (χ1v) is 10.2. The largest absolute Gasteiger partial charge is 0.497 e. The minimum absolute atomic E-state index is 0.0693. The third-order valence-electron chi connectivity index (χ3n) is 5.33. The normalized spacial score (nSPS) is 14.4. The molecule has 1 saturated heterocycles. The second-order valence-corrected chi connectivity index (χ2v) is 7.31. The lowest BCUT2D eigenvalue weighted by molar-refractivity contribution is -0.132. The molecule has 1 aliphatic rings. The number of nitrogens with zero attached hydrogens (tertiary/aromatic N) is 3. The highest BCUT2D eigenvalue weighted by atomic mass is 16.5. The van der Waals surface area contributed by atoms with E-state index < -0.39 is 0 Å². The summed E-state index contributed by atoms with van der Waals surface area (Å²) >= 11 is 0. The van der Waals surface area contributed by atoms with Crippen LogP contribution in [0.15, 0.2) is 67.1 Å². The zero-order chi connectivity index (χ0) is 20.8. The molecule has 4 rings (SSSR count). The Kier molecular flexibility index (Phi) is 6.23. The molecule has 1 aromatic carbocycles. The van der Waals surface area contributed by atoms with Crippen LogP contribution in [-0.2, 0) is 11.2 Å². The van der Waals surface area contributed by atoms with E-state index in [0.717, 1.165) is 41.2 Å². The van der Waals surface area contributed by atoms with Gasteiger partial charge in [0.25, 0.3) is 0 Å². The first kappa shape index (κ1) is 19.9. The molecule has 1 aliphatic heterocycles. The Labute approximate surface area is 176 Å². The fraction of sp³-hybridized carbons (Fsp3) is 0.292. The lowest BCUT2D eigenvalue weighted by Crippen LogP contribution is -2.42. The van der Waals surface area contributed by atoms with E-state index in [1.54, 1.807) is 25.7 Å². The van der Waals surface area contributed by atoms with Gasteiger partial charge < -0.3 is 14.4 Å². The van der Waals surface area contributed by atoms with E-state index in [0.29, 0.717) is 19.5 Å². The first-order valence-electron chi connectivity index (χ1n) is 10.2. The molecule has 30 heavy (non-hydrogen) atoms. The topological polar surface area (TPSA) is 64.5 Å². The molecule has 0 radical (unpaired) electrons. The third-order valence-corrected chi connectivity index (χ3v) is 5.33. The van der Waals surface area contributed by atoms with Crippen LogP contribution in [0.3, 0.4) is 0 Å². The predicted octanol–water partition coefficient (Wildman–Crippen LogP) is 3.76. The van der Waals surface area contributed by atoms with Crippen molar-refractivity contribution >= 4 is 5.91 Å². The van der Waals surface area contributed by atoms with Gasteiger partial charge in [-0.15, -0.1) is 0 Å². The van der Waals surface area contributed by atoms with Crippen molar-refractivity contribution in [2.75, 3.05) is 20.2 Å². The van der Waals surface area contributed by atoms with Gasteiger partial charge in [-0.25, -0.2) is 0 Å². The van der Waals surface area contributed by atoms with Crippen LogP contribution in [0, 0.1) is 0 Å². The molecule has 0 saturated carbocycles. The molecular formula is C24H25N3O3. The van der Waals surface area contributed by atoms with E-state index in [1.807, 2.05) is 53.4 Å². The summed E-state index contributed by atoms with van der Waals surface area (Å²) in [5.74, 6) is 1.72. The van der Waals surface area contributed by atoms with Gasteiger partial charge >= 0.3 is 0 Å². The number of piperidine rings is 1. The SMILES string of the molecule is COc1ccc(CC(=O)N2CCC(Oc3cccnc3-c3ccncc3)CC2)cc1. The van der Waals surface area contributed by atoms with Crippen molar-refractivity contribution in [3.8, 4) is 22.8 Å². The van der Waals surface area contributed by atoms with Crippen LogP contribution in [0.1, 0.15) is 18.4 Å². The van der Waals surface area contributed by atoms with E-state index in [2.05, 4.69) is 9.97 Å². The highest BCUT2D eigenvalue weighted by Gasteiger charge is 2.25. The Morgan fingerprint density at radius 1 is 1.03 bits per heavy atom. The Hall–Kier alpha value is -3.41. The fourth-order valence-electron chi connectivity index (χ4n) is 3.64. The maximum absolute atomic E-state index is 12.7. The quantitative estimate of drug-likeness (QED) is 0.627. The van der Waals surface area contributed by atoms with Crippen molar-refractivity contribution in [1.82, 2.24) is 14.9 Å². The van der Waals surface area contributed by atoms with Crippen molar-refractivity contribution in [2.45, 2.75) is 25.4 Å². The molecule has 3 heterocycles. The van der Waals surface area contributed by atoms with E-state index in [4.69, 9.17) is 9.47 Å². The second kappa shape index (κ2) is 9.39. The number of carbonyl (C=O) groups excluding carboxylic acids is 1. The lowest BCUT2D eigenvalue weighted by atomic mass is 10.1. The molecule has 154 valence electrons. The molecule has 0 bridgehead atoms. The van der Waals surface area contributed by atoms with Gasteiger partial charge in [0.2, 0.25) is 5.91 Å². The number of amides is 1. The van der Waals surface area contributed by atoms with E-state index >= 15 is 0 Å². The zero-order valence-electron chi connectivity index (χ0n) is 17.0. The Morgan fingerprint density at radius 2 is 1.77 bits per heavy atom. The average Bonchev–Trinajstić information content (AvgIpc) is 2.81. The van der Waals surface area contributed by atoms with Gasteiger partial charge in [0.05, 0.1) is 13.5 Å². The third kappa shape index (κ3) is 4.76. The summed E-state index contributed by atoms with van der Waals surface area (Å²) in [5, 5.41) is 0. The molecule has 0 spiro atoms. The number of hydrogen-bond acceptors (Lipinski definition) is 5. The van der Waals surface area contributed by atoms with Crippen LogP contribution < -0.4 is 9.47 Å². The lowest BCUT2D eigenvalue weighted by Gasteiger charge is -2.32. The molecular weight excluding hydrogens is 378 g/mol. The summed E-state index contributed by atoms with van der Waals surface area (Å²) in [7, 11) is 1.64. The van der Waals surface area contributed by atoms with Gasteiger partial charge in [0.15, 0.2) is 0 Å². The number of likely N-dealkylation sites (tertiary alicyclic amines) is 1. The molecule has 6 heteroatoms. The van der Waals surface area contributed by atoms with Crippen molar-refractivity contribution in [3.63, 3.8) is 0 Å². The smallest absolute Gasteiger partial charge is 0.226 e. The monoisotopic (exact) mass is 403 g/mol. The number of benzene rings is 1. The molecule has 0 aliphatic carbocycles. The molecule has 0 atom stereocenters. The molecule has 0 N–H and O–H groups in total. The number of ether oxygens (including phenoxy) is 2. The number of rotatable bonds is 6. The number of hydrogen-bond donors (Lipinski definition) is 0. The maximum Gasteiger partial charge on any atom is 0.226 e. The summed E-state index contributed by atoms with van der Waals surface area (Å²) in [6.45, 7) is 1.40. The second-order valence-electron chi connectivity index (χ2n) is 7.31. The highest BCUT2D eigenvalue weighted by molar-refractivity contribution is 5.79. The van der Waals surface area contributed by atoms with Crippen LogP contribution in [0.5, 0.6) is 11.5 Å². The van der Waals surface area contributed by atoms with E-state index in [1.165, 1.54) is 0 Å². The Bertz CT molecular complexity index is 969. The van der Waals surface area contributed by atoms with Gasteiger partial charge in [0, 0.05) is 50.1 Å². The Morgan fingerprint density at radius 3 is 2.47 bits per heavy atom. The summed E-state index contributed by atoms with van der Waals surface area (Å²) in [5.41, 5.74) is 2.79. The van der Waals surface area contributed by atoms with Crippen LogP contribution in [0.2, 0.25) is 0 Å². The number of pyridine rings is 2. The van der Waals surface area contributed by atoms with Crippen LogP contribution in [-0.4, -0.2) is 47.1 Å². The maximum atomic E-state index is 12.7. The molecule has 0 unspecified atom stereocenters. The fourth-order valence-corrected chi connectivity index (χ4v) is 3.64.